The van der Waals surface area contributed by atoms with Crippen LogP contribution in [0.3, 0.4) is 0 Å². The average molecular weight is 228 g/mol. The molecule has 1 aromatic rings. The molecule has 0 fully saturated rings. The van der Waals surface area contributed by atoms with Crippen molar-refractivity contribution in [2.24, 2.45) is 0 Å². The summed E-state index contributed by atoms with van der Waals surface area (Å²) in [6.07, 6.45) is 0. The molecule has 0 heterocycles. The Hall–Kier alpha value is -0.870. The second-order valence-electron chi connectivity index (χ2n) is 4.39. The van der Waals surface area contributed by atoms with Crippen molar-refractivity contribution in [2.45, 2.75) is 31.3 Å². The number of hydrogen-bond donors (Lipinski definition) is 1. The van der Waals surface area contributed by atoms with Crippen LogP contribution in [-0.2, 0) is 9.84 Å². The largest absolute Gasteiger partial charge is 0.389 e. The molecule has 84 valence electrons. The van der Waals surface area contributed by atoms with Gasteiger partial charge in [0.25, 0.3) is 0 Å². The fourth-order valence-corrected chi connectivity index (χ4v) is 3.11. The molecule has 0 saturated carbocycles. The third-order valence-corrected chi connectivity index (χ3v) is 3.95. The Morgan fingerprint density at radius 1 is 1.33 bits per heavy atom. The predicted molar refractivity (Wildman–Crippen MR) is 59.5 cm³/mol. The molecule has 1 aromatic carbocycles. The van der Waals surface area contributed by atoms with E-state index in [0.29, 0.717) is 0 Å². The summed E-state index contributed by atoms with van der Waals surface area (Å²) in [7, 11) is -3.39. The highest BCUT2D eigenvalue weighted by atomic mass is 32.2. The van der Waals surface area contributed by atoms with E-state index in [1.807, 2.05) is 13.0 Å². The minimum absolute atomic E-state index is 0.260. The third-order valence-electron chi connectivity index (χ3n) is 1.89. The molecule has 0 spiro atoms. The van der Waals surface area contributed by atoms with Gasteiger partial charge < -0.3 is 5.11 Å². The Kier molecular flexibility index (Phi) is 3.21. The Morgan fingerprint density at radius 2 is 1.93 bits per heavy atom. The van der Waals surface area contributed by atoms with Crippen molar-refractivity contribution >= 4 is 9.84 Å². The Morgan fingerprint density at radius 3 is 2.40 bits per heavy atom. The maximum atomic E-state index is 11.8. The molecule has 1 N–H and O–H groups in total. The van der Waals surface area contributed by atoms with Crippen LogP contribution in [0.25, 0.3) is 0 Å². The fraction of sp³-hybridized carbons (Fsp3) is 0.455. The zero-order chi connectivity index (χ0) is 11.7. The number of aliphatic hydroxyl groups is 1. The van der Waals surface area contributed by atoms with Gasteiger partial charge in [-0.15, -0.1) is 0 Å². The normalized spacial score (nSPS) is 12.8. The molecule has 0 saturated heterocycles. The van der Waals surface area contributed by atoms with Crippen molar-refractivity contribution in [3.05, 3.63) is 29.8 Å². The van der Waals surface area contributed by atoms with E-state index in [0.717, 1.165) is 5.56 Å². The van der Waals surface area contributed by atoms with Crippen LogP contribution in [0.4, 0.5) is 0 Å². The summed E-state index contributed by atoms with van der Waals surface area (Å²) in [5.74, 6) is -0.260. The molecule has 0 unspecified atom stereocenters. The zero-order valence-electron chi connectivity index (χ0n) is 9.19. The summed E-state index contributed by atoms with van der Waals surface area (Å²) in [5.41, 5.74) is -0.311. The zero-order valence-corrected chi connectivity index (χ0v) is 10.0. The average Bonchev–Trinajstić information content (AvgIpc) is 1.99. The van der Waals surface area contributed by atoms with E-state index < -0.39 is 15.4 Å². The molecule has 0 radical (unpaired) electrons. The van der Waals surface area contributed by atoms with Gasteiger partial charge in [-0.3, -0.25) is 0 Å². The van der Waals surface area contributed by atoms with Crippen molar-refractivity contribution in [2.75, 3.05) is 5.75 Å². The van der Waals surface area contributed by atoms with E-state index in [2.05, 4.69) is 0 Å². The number of benzene rings is 1. The number of aryl methyl sites for hydroxylation is 1. The first-order chi connectivity index (χ1) is 6.71. The van der Waals surface area contributed by atoms with Gasteiger partial charge in [0.2, 0.25) is 0 Å². The first-order valence-electron chi connectivity index (χ1n) is 4.72. The summed E-state index contributed by atoms with van der Waals surface area (Å²) >= 11 is 0. The first kappa shape index (κ1) is 12.2. The van der Waals surface area contributed by atoms with Gasteiger partial charge in [-0.1, -0.05) is 12.1 Å². The first-order valence-corrected chi connectivity index (χ1v) is 6.38. The standard InChI is InChI=1S/C11H16O3S/c1-9-5-4-6-10(7-9)15(13,14)8-11(2,3)12/h4-7,12H,8H2,1-3H3. The fourth-order valence-electron chi connectivity index (χ4n) is 1.36. The topological polar surface area (TPSA) is 54.4 Å². The van der Waals surface area contributed by atoms with Gasteiger partial charge in [0.05, 0.1) is 16.2 Å². The SMILES string of the molecule is Cc1cccc(S(=O)(=O)CC(C)(C)O)c1. The number of sulfone groups is 1. The van der Waals surface area contributed by atoms with E-state index in [4.69, 9.17) is 0 Å². The molecule has 0 aliphatic heterocycles. The molecule has 1 rings (SSSR count). The van der Waals surface area contributed by atoms with Crippen LogP contribution in [0.2, 0.25) is 0 Å². The van der Waals surface area contributed by atoms with E-state index in [1.54, 1.807) is 18.2 Å². The molecule has 3 nitrogen and oxygen atoms in total. The van der Waals surface area contributed by atoms with Crippen LogP contribution in [0, 0.1) is 6.92 Å². The van der Waals surface area contributed by atoms with E-state index >= 15 is 0 Å². The Labute approximate surface area is 90.7 Å². The molecule has 4 heteroatoms. The minimum Gasteiger partial charge on any atom is -0.389 e. The van der Waals surface area contributed by atoms with Crippen LogP contribution in [0.5, 0.6) is 0 Å². The molecular formula is C11H16O3S. The van der Waals surface area contributed by atoms with Gasteiger partial charge in [-0.2, -0.15) is 0 Å². The highest BCUT2D eigenvalue weighted by molar-refractivity contribution is 7.91. The molecular weight excluding hydrogens is 212 g/mol. The lowest BCUT2D eigenvalue weighted by atomic mass is 10.2. The van der Waals surface area contributed by atoms with Gasteiger partial charge in [0, 0.05) is 0 Å². The summed E-state index contributed by atoms with van der Waals surface area (Å²) in [6.45, 7) is 4.81. The van der Waals surface area contributed by atoms with Gasteiger partial charge >= 0.3 is 0 Å². The minimum atomic E-state index is -3.39. The molecule has 0 atom stereocenters. The molecule has 15 heavy (non-hydrogen) atoms. The summed E-state index contributed by atoms with van der Waals surface area (Å²) < 4.78 is 23.7. The second kappa shape index (κ2) is 3.94. The van der Waals surface area contributed by atoms with Gasteiger partial charge in [0.15, 0.2) is 9.84 Å². The Bertz CT molecular complexity index is 441. The molecule has 0 aliphatic carbocycles. The van der Waals surface area contributed by atoms with Crippen molar-refractivity contribution in [3.8, 4) is 0 Å². The van der Waals surface area contributed by atoms with Crippen LogP contribution in [0.1, 0.15) is 19.4 Å². The predicted octanol–water partition coefficient (Wildman–Crippen LogP) is 1.54. The number of rotatable bonds is 3. The van der Waals surface area contributed by atoms with Gasteiger partial charge in [-0.05, 0) is 38.5 Å². The maximum Gasteiger partial charge on any atom is 0.181 e. The molecule has 0 amide bonds. The van der Waals surface area contributed by atoms with Crippen LogP contribution in [0.15, 0.2) is 29.2 Å². The van der Waals surface area contributed by atoms with Gasteiger partial charge in [-0.25, -0.2) is 8.42 Å². The second-order valence-corrected chi connectivity index (χ2v) is 6.38. The van der Waals surface area contributed by atoms with Crippen LogP contribution >= 0.6 is 0 Å². The summed E-state index contributed by atoms with van der Waals surface area (Å²) in [5, 5.41) is 9.50. The van der Waals surface area contributed by atoms with Gasteiger partial charge in [0.1, 0.15) is 0 Å². The Balaban J connectivity index is 3.07. The van der Waals surface area contributed by atoms with E-state index in [9.17, 15) is 13.5 Å². The van der Waals surface area contributed by atoms with Crippen molar-refractivity contribution in [1.82, 2.24) is 0 Å². The van der Waals surface area contributed by atoms with Crippen molar-refractivity contribution < 1.29 is 13.5 Å². The lowest BCUT2D eigenvalue weighted by molar-refractivity contribution is 0.105. The number of hydrogen-bond acceptors (Lipinski definition) is 3. The molecule has 0 aliphatic rings. The summed E-state index contributed by atoms with van der Waals surface area (Å²) in [6, 6.07) is 6.70. The third kappa shape index (κ3) is 3.64. The monoisotopic (exact) mass is 228 g/mol. The lowest BCUT2D eigenvalue weighted by Gasteiger charge is -2.17. The maximum absolute atomic E-state index is 11.8. The summed E-state index contributed by atoms with van der Waals surface area (Å²) in [4.78, 5) is 0.268. The quantitative estimate of drug-likeness (QED) is 0.853. The van der Waals surface area contributed by atoms with E-state index in [1.165, 1.54) is 13.8 Å². The van der Waals surface area contributed by atoms with Crippen LogP contribution in [-0.4, -0.2) is 24.9 Å². The lowest BCUT2D eigenvalue weighted by Crippen LogP contribution is -2.30. The highest BCUT2D eigenvalue weighted by Crippen LogP contribution is 2.17. The smallest absolute Gasteiger partial charge is 0.181 e. The molecule has 0 bridgehead atoms. The van der Waals surface area contributed by atoms with Crippen LogP contribution < -0.4 is 0 Å². The van der Waals surface area contributed by atoms with Crippen molar-refractivity contribution in [3.63, 3.8) is 0 Å². The van der Waals surface area contributed by atoms with E-state index in [-0.39, 0.29) is 10.6 Å². The highest BCUT2D eigenvalue weighted by Gasteiger charge is 2.24. The van der Waals surface area contributed by atoms with Crippen molar-refractivity contribution in [1.29, 1.82) is 0 Å². The molecule has 0 aromatic heterocycles.